The predicted molar refractivity (Wildman–Crippen MR) is 65.9 cm³/mol. The highest BCUT2D eigenvalue weighted by atomic mass is 16.5. The highest BCUT2D eigenvalue weighted by Gasteiger charge is 2.08. The van der Waals surface area contributed by atoms with Gasteiger partial charge in [0.2, 0.25) is 11.8 Å². The van der Waals surface area contributed by atoms with E-state index in [-0.39, 0.29) is 0 Å². The molecule has 1 N–H and O–H groups in total. The van der Waals surface area contributed by atoms with Gasteiger partial charge < -0.3 is 10.1 Å². The van der Waals surface area contributed by atoms with Crippen LogP contribution in [0.2, 0.25) is 0 Å². The highest BCUT2D eigenvalue weighted by molar-refractivity contribution is 5.31. The molecule has 0 aliphatic rings. The third-order valence-electron chi connectivity index (χ3n) is 2.24. The van der Waals surface area contributed by atoms with E-state index in [1.807, 2.05) is 13.0 Å². The molecule has 0 spiro atoms. The van der Waals surface area contributed by atoms with E-state index in [9.17, 15) is 0 Å². The summed E-state index contributed by atoms with van der Waals surface area (Å²) >= 11 is 0. The average molecular weight is 223 g/mol. The molecule has 16 heavy (non-hydrogen) atoms. The predicted octanol–water partition coefficient (Wildman–Crippen LogP) is 2.64. The van der Waals surface area contributed by atoms with Crippen LogP contribution in [0.5, 0.6) is 5.88 Å². The summed E-state index contributed by atoms with van der Waals surface area (Å²) in [6, 6.07) is 2.18. The number of ether oxygens (including phenoxy) is 1. The van der Waals surface area contributed by atoms with Gasteiger partial charge >= 0.3 is 0 Å². The Hall–Kier alpha value is -1.32. The minimum atomic E-state index is 0.367. The lowest BCUT2D eigenvalue weighted by molar-refractivity contribution is 0.396. The highest BCUT2D eigenvalue weighted by Crippen LogP contribution is 2.14. The second kappa shape index (κ2) is 5.68. The fraction of sp³-hybridized carbons (Fsp3) is 0.667. The Morgan fingerprint density at radius 3 is 2.56 bits per heavy atom. The summed E-state index contributed by atoms with van der Waals surface area (Å²) in [4.78, 5) is 8.58. The van der Waals surface area contributed by atoms with Crippen LogP contribution in [0, 0.1) is 12.8 Å². The van der Waals surface area contributed by atoms with Gasteiger partial charge in [0, 0.05) is 17.8 Å². The minimum Gasteiger partial charge on any atom is -0.481 e. The van der Waals surface area contributed by atoms with Crippen LogP contribution in [0.15, 0.2) is 6.07 Å². The third kappa shape index (κ3) is 4.04. The number of aromatic nitrogens is 2. The van der Waals surface area contributed by atoms with Gasteiger partial charge in [-0.25, -0.2) is 4.98 Å². The first-order chi connectivity index (χ1) is 7.51. The van der Waals surface area contributed by atoms with Crippen molar-refractivity contribution in [2.45, 2.75) is 40.2 Å². The molecular weight excluding hydrogens is 202 g/mol. The van der Waals surface area contributed by atoms with Gasteiger partial charge in [0.15, 0.2) is 0 Å². The van der Waals surface area contributed by atoms with Gasteiger partial charge in [-0.1, -0.05) is 13.8 Å². The molecular formula is C12H21N3O. The van der Waals surface area contributed by atoms with E-state index in [2.05, 4.69) is 36.1 Å². The molecule has 1 rings (SSSR count). The van der Waals surface area contributed by atoms with Crippen molar-refractivity contribution in [2.75, 3.05) is 12.4 Å². The van der Waals surface area contributed by atoms with Crippen molar-refractivity contribution in [3.8, 4) is 5.88 Å². The fourth-order valence-electron chi connectivity index (χ4n) is 1.70. The standard InChI is InChI=1S/C12H21N3O/c1-8(2)6-9(3)13-12-14-10(4)7-11(15-12)16-5/h7-9H,6H2,1-5H3,(H,13,14,15). The SMILES string of the molecule is COc1cc(C)nc(NC(C)CC(C)C)n1. The molecule has 0 radical (unpaired) electrons. The summed E-state index contributed by atoms with van der Waals surface area (Å²) in [5, 5.41) is 3.29. The molecule has 0 saturated heterocycles. The van der Waals surface area contributed by atoms with E-state index < -0.39 is 0 Å². The van der Waals surface area contributed by atoms with Crippen LogP contribution in [0.3, 0.4) is 0 Å². The molecule has 1 heterocycles. The zero-order chi connectivity index (χ0) is 12.1. The maximum absolute atomic E-state index is 5.11. The number of aryl methyl sites for hydroxylation is 1. The maximum atomic E-state index is 5.11. The number of nitrogens with one attached hydrogen (secondary N) is 1. The number of methoxy groups -OCH3 is 1. The van der Waals surface area contributed by atoms with E-state index in [4.69, 9.17) is 4.74 Å². The molecule has 1 aromatic heterocycles. The van der Waals surface area contributed by atoms with Crippen molar-refractivity contribution in [1.29, 1.82) is 0 Å². The largest absolute Gasteiger partial charge is 0.481 e. The van der Waals surface area contributed by atoms with Crippen LogP contribution in [0.1, 0.15) is 32.9 Å². The van der Waals surface area contributed by atoms with Crippen molar-refractivity contribution in [3.63, 3.8) is 0 Å². The van der Waals surface area contributed by atoms with Gasteiger partial charge in [0.25, 0.3) is 0 Å². The first kappa shape index (κ1) is 12.7. The molecule has 0 aromatic carbocycles. The van der Waals surface area contributed by atoms with Crippen LogP contribution in [0.4, 0.5) is 5.95 Å². The van der Waals surface area contributed by atoms with Crippen molar-refractivity contribution < 1.29 is 4.74 Å². The summed E-state index contributed by atoms with van der Waals surface area (Å²) in [6.45, 7) is 8.48. The van der Waals surface area contributed by atoms with Crippen LogP contribution >= 0.6 is 0 Å². The van der Waals surface area contributed by atoms with Gasteiger partial charge in [-0.05, 0) is 26.2 Å². The van der Waals surface area contributed by atoms with Crippen molar-refractivity contribution in [1.82, 2.24) is 9.97 Å². The second-order valence-corrected chi connectivity index (χ2v) is 4.55. The van der Waals surface area contributed by atoms with E-state index >= 15 is 0 Å². The van der Waals surface area contributed by atoms with Gasteiger partial charge in [0.05, 0.1) is 7.11 Å². The lowest BCUT2D eigenvalue weighted by Crippen LogP contribution is -2.19. The summed E-state index contributed by atoms with van der Waals surface area (Å²) in [5.74, 6) is 1.91. The summed E-state index contributed by atoms with van der Waals surface area (Å²) in [6.07, 6.45) is 1.10. The van der Waals surface area contributed by atoms with Crippen LogP contribution in [0.25, 0.3) is 0 Å². The molecule has 4 heteroatoms. The normalized spacial score (nSPS) is 12.6. The Morgan fingerprint density at radius 1 is 1.31 bits per heavy atom. The quantitative estimate of drug-likeness (QED) is 0.833. The molecule has 0 aliphatic heterocycles. The Labute approximate surface area is 97.5 Å². The Morgan fingerprint density at radius 2 is 2.00 bits per heavy atom. The fourth-order valence-corrected chi connectivity index (χ4v) is 1.70. The Bertz CT molecular complexity index is 339. The Balaban J connectivity index is 2.69. The number of nitrogens with zero attached hydrogens (tertiary/aromatic N) is 2. The molecule has 0 bridgehead atoms. The average Bonchev–Trinajstić information content (AvgIpc) is 2.14. The molecule has 0 aliphatic carbocycles. The van der Waals surface area contributed by atoms with E-state index in [0.29, 0.717) is 23.8 Å². The van der Waals surface area contributed by atoms with E-state index in [1.54, 1.807) is 7.11 Å². The summed E-state index contributed by atoms with van der Waals surface area (Å²) < 4.78 is 5.11. The number of rotatable bonds is 5. The first-order valence-corrected chi connectivity index (χ1v) is 5.67. The monoisotopic (exact) mass is 223 g/mol. The van der Waals surface area contributed by atoms with Gasteiger partial charge in [-0.3, -0.25) is 0 Å². The van der Waals surface area contributed by atoms with Crippen LogP contribution in [-0.2, 0) is 0 Å². The van der Waals surface area contributed by atoms with Gasteiger partial charge in [-0.2, -0.15) is 4.98 Å². The lowest BCUT2D eigenvalue weighted by Gasteiger charge is -2.16. The molecule has 0 saturated carbocycles. The van der Waals surface area contributed by atoms with Crippen LogP contribution < -0.4 is 10.1 Å². The zero-order valence-corrected chi connectivity index (χ0v) is 10.7. The molecule has 0 fully saturated rings. The van der Waals surface area contributed by atoms with Gasteiger partial charge in [-0.15, -0.1) is 0 Å². The minimum absolute atomic E-state index is 0.367. The summed E-state index contributed by atoms with van der Waals surface area (Å²) in [5.41, 5.74) is 0.908. The molecule has 90 valence electrons. The van der Waals surface area contributed by atoms with Gasteiger partial charge in [0.1, 0.15) is 0 Å². The second-order valence-electron chi connectivity index (χ2n) is 4.55. The molecule has 1 unspecified atom stereocenters. The maximum Gasteiger partial charge on any atom is 0.226 e. The third-order valence-corrected chi connectivity index (χ3v) is 2.24. The number of hydrogen-bond donors (Lipinski definition) is 1. The first-order valence-electron chi connectivity index (χ1n) is 5.67. The van der Waals surface area contributed by atoms with Crippen LogP contribution in [-0.4, -0.2) is 23.1 Å². The zero-order valence-electron chi connectivity index (χ0n) is 10.7. The number of hydrogen-bond acceptors (Lipinski definition) is 4. The van der Waals surface area contributed by atoms with Crippen molar-refractivity contribution in [2.24, 2.45) is 5.92 Å². The topological polar surface area (TPSA) is 47.0 Å². The number of anilines is 1. The molecule has 1 aromatic rings. The summed E-state index contributed by atoms with van der Waals surface area (Å²) in [7, 11) is 1.61. The Kier molecular flexibility index (Phi) is 4.52. The molecule has 4 nitrogen and oxygen atoms in total. The molecule has 0 amide bonds. The van der Waals surface area contributed by atoms with Crippen molar-refractivity contribution in [3.05, 3.63) is 11.8 Å². The smallest absolute Gasteiger partial charge is 0.226 e. The lowest BCUT2D eigenvalue weighted by atomic mass is 10.1. The van der Waals surface area contributed by atoms with Crippen molar-refractivity contribution >= 4 is 5.95 Å². The van der Waals surface area contributed by atoms with E-state index in [1.165, 1.54) is 0 Å². The van der Waals surface area contributed by atoms with E-state index in [0.717, 1.165) is 12.1 Å². The molecule has 1 atom stereocenters.